The zero-order valence-electron chi connectivity index (χ0n) is 17.1. The fourth-order valence-electron chi connectivity index (χ4n) is 5.78. The molecule has 0 heterocycles. The molecule has 154 valence electrons. The van der Waals surface area contributed by atoms with Crippen molar-refractivity contribution in [1.29, 1.82) is 0 Å². The van der Waals surface area contributed by atoms with E-state index in [0.29, 0.717) is 23.6 Å². The molecule has 0 aromatic carbocycles. The summed E-state index contributed by atoms with van der Waals surface area (Å²) in [6.07, 6.45) is 7.23. The summed E-state index contributed by atoms with van der Waals surface area (Å²) in [6, 6.07) is -0.432. The number of carbonyl (C=O) groups excluding carboxylic acids is 3. The third kappa shape index (κ3) is 3.87. The molecular formula is C22H32N2O4. The fraction of sp³-hybridized carbons (Fsp3) is 0.682. The molecule has 4 unspecified atom stereocenters. The Balaban J connectivity index is 1.64. The first-order valence-electron chi connectivity index (χ1n) is 10.3. The van der Waals surface area contributed by atoms with Crippen molar-refractivity contribution in [2.75, 3.05) is 19.7 Å². The highest BCUT2D eigenvalue weighted by Gasteiger charge is 2.59. The maximum Gasteiger partial charge on any atom is 0.333 e. The van der Waals surface area contributed by atoms with Crippen molar-refractivity contribution in [2.24, 2.45) is 23.2 Å². The number of ether oxygens (including phenoxy) is 1. The summed E-state index contributed by atoms with van der Waals surface area (Å²) in [5, 5.41) is 2.72. The molecule has 2 bridgehead atoms. The van der Waals surface area contributed by atoms with Crippen molar-refractivity contribution < 1.29 is 19.1 Å². The van der Waals surface area contributed by atoms with Gasteiger partial charge in [0.15, 0.2) is 0 Å². The van der Waals surface area contributed by atoms with E-state index in [2.05, 4.69) is 18.5 Å². The lowest BCUT2D eigenvalue weighted by molar-refractivity contribution is -0.138. The summed E-state index contributed by atoms with van der Waals surface area (Å²) in [5.41, 5.74) is 0.740. The van der Waals surface area contributed by atoms with Gasteiger partial charge in [-0.05, 0) is 69.1 Å². The van der Waals surface area contributed by atoms with Gasteiger partial charge in [0.25, 0.3) is 5.91 Å². The summed E-state index contributed by atoms with van der Waals surface area (Å²) < 4.78 is 5.01. The summed E-state index contributed by atoms with van der Waals surface area (Å²) in [5.74, 6) is 1.36. The van der Waals surface area contributed by atoms with Crippen LogP contribution in [0.2, 0.25) is 0 Å². The van der Waals surface area contributed by atoms with Crippen molar-refractivity contribution in [3.63, 3.8) is 0 Å². The lowest BCUT2D eigenvalue weighted by Gasteiger charge is -2.39. The molecule has 3 rings (SSSR count). The second kappa shape index (κ2) is 8.10. The molecule has 3 amide bonds. The van der Waals surface area contributed by atoms with Gasteiger partial charge in [-0.2, -0.15) is 0 Å². The van der Waals surface area contributed by atoms with Crippen LogP contribution in [0.5, 0.6) is 0 Å². The van der Waals surface area contributed by atoms with Crippen molar-refractivity contribution in [3.05, 3.63) is 24.3 Å². The number of imide groups is 1. The van der Waals surface area contributed by atoms with E-state index in [1.807, 2.05) is 0 Å². The van der Waals surface area contributed by atoms with Crippen LogP contribution in [0.1, 0.15) is 52.4 Å². The molecule has 28 heavy (non-hydrogen) atoms. The first kappa shape index (κ1) is 20.6. The Morgan fingerprint density at radius 1 is 1.14 bits per heavy atom. The van der Waals surface area contributed by atoms with E-state index in [-0.39, 0.29) is 24.5 Å². The van der Waals surface area contributed by atoms with Crippen LogP contribution in [-0.2, 0) is 14.3 Å². The van der Waals surface area contributed by atoms with E-state index >= 15 is 0 Å². The normalized spacial score (nSPS) is 29.9. The Labute approximate surface area is 167 Å². The third-order valence-corrected chi connectivity index (χ3v) is 6.93. The SMILES string of the molecule is C=C(C)C(=O)OCCNC(=O)N(CC12CCC(C1)C1CCCC12)C(=O)C(=C)C. The molecule has 0 saturated heterocycles. The second-order valence-corrected chi connectivity index (χ2v) is 8.89. The highest BCUT2D eigenvalue weighted by Crippen LogP contribution is 2.65. The topological polar surface area (TPSA) is 75.7 Å². The van der Waals surface area contributed by atoms with Gasteiger partial charge in [0.1, 0.15) is 6.61 Å². The number of carbonyl (C=O) groups is 3. The van der Waals surface area contributed by atoms with Gasteiger partial charge >= 0.3 is 12.0 Å². The minimum atomic E-state index is -0.488. The molecule has 0 spiro atoms. The van der Waals surface area contributed by atoms with Crippen LogP contribution in [0.25, 0.3) is 0 Å². The van der Waals surface area contributed by atoms with Crippen molar-refractivity contribution >= 4 is 17.9 Å². The van der Waals surface area contributed by atoms with E-state index in [0.717, 1.165) is 24.7 Å². The van der Waals surface area contributed by atoms with Crippen LogP contribution >= 0.6 is 0 Å². The van der Waals surface area contributed by atoms with E-state index in [1.54, 1.807) is 13.8 Å². The number of nitrogens with one attached hydrogen (secondary N) is 1. The molecule has 3 aliphatic carbocycles. The summed E-state index contributed by atoms with van der Waals surface area (Å²) >= 11 is 0. The Hall–Kier alpha value is -2.11. The fourth-order valence-corrected chi connectivity index (χ4v) is 5.78. The van der Waals surface area contributed by atoms with Gasteiger partial charge in [-0.3, -0.25) is 9.69 Å². The van der Waals surface area contributed by atoms with Gasteiger partial charge in [-0.1, -0.05) is 19.6 Å². The maximum atomic E-state index is 12.8. The second-order valence-electron chi connectivity index (χ2n) is 8.89. The molecule has 6 heteroatoms. The molecule has 3 fully saturated rings. The number of hydrogen-bond acceptors (Lipinski definition) is 4. The average molecular weight is 389 g/mol. The highest BCUT2D eigenvalue weighted by molar-refractivity contribution is 6.03. The molecule has 3 saturated carbocycles. The number of hydrogen-bond donors (Lipinski definition) is 1. The average Bonchev–Trinajstić information content (AvgIpc) is 3.35. The van der Waals surface area contributed by atoms with Gasteiger partial charge in [0.2, 0.25) is 0 Å². The monoisotopic (exact) mass is 388 g/mol. The van der Waals surface area contributed by atoms with E-state index < -0.39 is 12.0 Å². The predicted molar refractivity (Wildman–Crippen MR) is 106 cm³/mol. The first-order chi connectivity index (χ1) is 13.2. The minimum absolute atomic E-state index is 0.0461. The van der Waals surface area contributed by atoms with Crippen LogP contribution in [0.3, 0.4) is 0 Å². The summed E-state index contributed by atoms with van der Waals surface area (Å²) in [4.78, 5) is 38.3. The third-order valence-electron chi connectivity index (χ3n) is 6.93. The van der Waals surface area contributed by atoms with Crippen molar-refractivity contribution in [3.8, 4) is 0 Å². The predicted octanol–water partition coefficient (Wildman–Crippen LogP) is 3.44. The number of amides is 3. The summed E-state index contributed by atoms with van der Waals surface area (Å²) in [6.45, 7) is 11.1. The number of urea groups is 1. The van der Waals surface area contributed by atoms with Gasteiger partial charge in [-0.25, -0.2) is 9.59 Å². The Morgan fingerprint density at radius 2 is 1.89 bits per heavy atom. The van der Waals surface area contributed by atoms with Crippen LogP contribution in [0.15, 0.2) is 24.3 Å². The van der Waals surface area contributed by atoms with Crippen LogP contribution in [0, 0.1) is 23.2 Å². The number of nitrogens with zero attached hydrogens (tertiary/aromatic N) is 1. The Bertz CT molecular complexity index is 701. The number of rotatable bonds is 7. The molecule has 0 aromatic heterocycles. The zero-order chi connectivity index (χ0) is 20.5. The van der Waals surface area contributed by atoms with E-state index in [1.165, 1.54) is 30.6 Å². The molecule has 3 aliphatic rings. The zero-order valence-corrected chi connectivity index (χ0v) is 17.1. The van der Waals surface area contributed by atoms with Crippen molar-refractivity contribution in [2.45, 2.75) is 52.4 Å². The smallest absolute Gasteiger partial charge is 0.333 e. The molecular weight excluding hydrogens is 356 g/mol. The lowest BCUT2D eigenvalue weighted by Crippen LogP contribution is -2.50. The van der Waals surface area contributed by atoms with Crippen molar-refractivity contribution in [1.82, 2.24) is 10.2 Å². The summed E-state index contributed by atoms with van der Waals surface area (Å²) in [7, 11) is 0. The first-order valence-corrected chi connectivity index (χ1v) is 10.3. The quantitative estimate of drug-likeness (QED) is 0.412. The number of esters is 1. The van der Waals surface area contributed by atoms with E-state index in [9.17, 15) is 14.4 Å². The molecule has 0 aliphatic heterocycles. The maximum absolute atomic E-state index is 12.8. The number of fused-ring (bicyclic) bond motifs is 5. The standard InChI is InChI=1S/C22H32N2O4/c1-14(2)19(25)24(21(27)23-10-11-28-20(26)15(3)4)13-22-9-8-16(12-22)17-6-5-7-18(17)22/h16-18H,1,3,5-13H2,2,4H3,(H,23,27). The lowest BCUT2D eigenvalue weighted by atomic mass is 9.71. The van der Waals surface area contributed by atoms with Crippen LogP contribution in [0.4, 0.5) is 4.79 Å². The Morgan fingerprint density at radius 3 is 2.57 bits per heavy atom. The van der Waals surface area contributed by atoms with Gasteiger partial charge in [-0.15, -0.1) is 0 Å². The molecule has 1 N–H and O–H groups in total. The van der Waals surface area contributed by atoms with Crippen LogP contribution in [-0.4, -0.2) is 42.5 Å². The highest BCUT2D eigenvalue weighted by atomic mass is 16.5. The molecule has 6 nitrogen and oxygen atoms in total. The van der Waals surface area contributed by atoms with E-state index in [4.69, 9.17) is 4.74 Å². The molecule has 4 atom stereocenters. The molecule has 0 radical (unpaired) electrons. The molecule has 0 aromatic rings. The largest absolute Gasteiger partial charge is 0.460 e. The van der Waals surface area contributed by atoms with Gasteiger partial charge in [0, 0.05) is 17.7 Å². The van der Waals surface area contributed by atoms with Crippen LogP contribution < -0.4 is 5.32 Å². The van der Waals surface area contributed by atoms with Gasteiger partial charge in [0.05, 0.1) is 6.54 Å². The Kier molecular flexibility index (Phi) is 5.96. The van der Waals surface area contributed by atoms with Gasteiger partial charge < -0.3 is 10.1 Å². The minimum Gasteiger partial charge on any atom is -0.460 e.